The minimum atomic E-state index is -0.417. The van der Waals surface area contributed by atoms with Crippen LogP contribution in [-0.4, -0.2) is 10.9 Å². The SMILES string of the molecule is CCc1ccccc1NC(=O)c1ncc(-c2ccc(F)cc2)o1. The van der Waals surface area contributed by atoms with Crippen molar-refractivity contribution in [1.82, 2.24) is 4.98 Å². The third-order valence-corrected chi connectivity index (χ3v) is 3.48. The fraction of sp³-hybridized carbons (Fsp3) is 0.111. The highest BCUT2D eigenvalue weighted by Gasteiger charge is 2.15. The number of aromatic nitrogens is 1. The second-order valence-electron chi connectivity index (χ2n) is 5.00. The monoisotopic (exact) mass is 310 g/mol. The summed E-state index contributed by atoms with van der Waals surface area (Å²) in [5, 5.41) is 2.80. The Balaban J connectivity index is 1.80. The highest BCUT2D eigenvalue weighted by atomic mass is 19.1. The molecule has 0 fully saturated rings. The molecule has 1 heterocycles. The third-order valence-electron chi connectivity index (χ3n) is 3.48. The lowest BCUT2D eigenvalue weighted by Crippen LogP contribution is -2.13. The third kappa shape index (κ3) is 3.29. The molecule has 0 saturated heterocycles. The smallest absolute Gasteiger partial charge is 0.311 e. The standard InChI is InChI=1S/C18H15FN2O2/c1-2-12-5-3-4-6-15(12)21-17(22)18-20-11-16(23-18)13-7-9-14(19)10-8-13/h3-11H,2H2,1H3,(H,21,22). The van der Waals surface area contributed by atoms with Gasteiger partial charge in [0, 0.05) is 11.3 Å². The Bertz CT molecular complexity index is 825. The maximum absolute atomic E-state index is 12.9. The lowest BCUT2D eigenvalue weighted by atomic mass is 10.1. The number of benzene rings is 2. The first-order valence-electron chi connectivity index (χ1n) is 7.28. The molecule has 23 heavy (non-hydrogen) atoms. The number of amides is 1. The lowest BCUT2D eigenvalue weighted by molar-refractivity contribution is 0.0991. The van der Waals surface area contributed by atoms with Gasteiger partial charge < -0.3 is 9.73 Å². The topological polar surface area (TPSA) is 55.1 Å². The summed E-state index contributed by atoms with van der Waals surface area (Å²) in [7, 11) is 0. The highest BCUT2D eigenvalue weighted by molar-refractivity contribution is 6.01. The normalized spacial score (nSPS) is 10.5. The summed E-state index contributed by atoms with van der Waals surface area (Å²) in [4.78, 5) is 16.2. The van der Waals surface area contributed by atoms with E-state index in [4.69, 9.17) is 4.42 Å². The molecule has 1 N–H and O–H groups in total. The number of hydrogen-bond acceptors (Lipinski definition) is 3. The van der Waals surface area contributed by atoms with Crippen molar-refractivity contribution in [2.75, 3.05) is 5.32 Å². The van der Waals surface area contributed by atoms with Gasteiger partial charge in [0.05, 0.1) is 6.20 Å². The van der Waals surface area contributed by atoms with Crippen LogP contribution in [0, 0.1) is 5.82 Å². The van der Waals surface area contributed by atoms with Crippen LogP contribution in [0.15, 0.2) is 59.1 Å². The van der Waals surface area contributed by atoms with Gasteiger partial charge >= 0.3 is 5.91 Å². The number of nitrogens with zero attached hydrogens (tertiary/aromatic N) is 1. The van der Waals surface area contributed by atoms with E-state index >= 15 is 0 Å². The number of aryl methyl sites for hydroxylation is 1. The molecule has 0 spiro atoms. The number of oxazole rings is 1. The molecular formula is C18H15FN2O2. The van der Waals surface area contributed by atoms with E-state index in [-0.39, 0.29) is 11.7 Å². The second kappa shape index (κ2) is 6.44. The number of anilines is 1. The molecule has 3 rings (SSSR count). The van der Waals surface area contributed by atoms with Gasteiger partial charge in [0.2, 0.25) is 0 Å². The molecule has 0 radical (unpaired) electrons. The van der Waals surface area contributed by atoms with Crippen LogP contribution in [0.3, 0.4) is 0 Å². The van der Waals surface area contributed by atoms with E-state index in [1.165, 1.54) is 18.3 Å². The number of rotatable bonds is 4. The van der Waals surface area contributed by atoms with Crippen molar-refractivity contribution >= 4 is 11.6 Å². The summed E-state index contributed by atoms with van der Waals surface area (Å²) >= 11 is 0. The second-order valence-corrected chi connectivity index (χ2v) is 5.00. The number of halogens is 1. The molecule has 1 amide bonds. The van der Waals surface area contributed by atoms with Gasteiger partial charge in [-0.05, 0) is 42.3 Å². The minimum absolute atomic E-state index is 0.0322. The Morgan fingerprint density at radius 3 is 2.65 bits per heavy atom. The maximum Gasteiger partial charge on any atom is 0.311 e. The van der Waals surface area contributed by atoms with E-state index in [1.807, 2.05) is 31.2 Å². The molecule has 2 aromatic carbocycles. The van der Waals surface area contributed by atoms with Gasteiger partial charge in [-0.1, -0.05) is 25.1 Å². The quantitative estimate of drug-likeness (QED) is 0.782. The van der Waals surface area contributed by atoms with Crippen LogP contribution in [-0.2, 0) is 6.42 Å². The van der Waals surface area contributed by atoms with Crippen LogP contribution < -0.4 is 5.32 Å². The van der Waals surface area contributed by atoms with Crippen LogP contribution in [0.2, 0.25) is 0 Å². The number of carbonyl (C=O) groups is 1. The number of para-hydroxylation sites is 1. The van der Waals surface area contributed by atoms with Crippen molar-refractivity contribution in [2.45, 2.75) is 13.3 Å². The summed E-state index contributed by atoms with van der Waals surface area (Å²) < 4.78 is 18.4. The lowest BCUT2D eigenvalue weighted by Gasteiger charge is -2.07. The molecule has 0 aliphatic rings. The minimum Gasteiger partial charge on any atom is -0.432 e. The van der Waals surface area contributed by atoms with Gasteiger partial charge in [0.25, 0.3) is 5.89 Å². The van der Waals surface area contributed by atoms with Crippen molar-refractivity contribution in [3.05, 3.63) is 72.0 Å². The Morgan fingerprint density at radius 2 is 1.91 bits per heavy atom. The molecule has 0 aliphatic carbocycles. The zero-order valence-corrected chi connectivity index (χ0v) is 12.5. The summed E-state index contributed by atoms with van der Waals surface area (Å²) in [6.07, 6.45) is 2.26. The highest BCUT2D eigenvalue weighted by Crippen LogP contribution is 2.22. The number of carbonyl (C=O) groups excluding carboxylic acids is 1. The van der Waals surface area contributed by atoms with Gasteiger partial charge in [0.15, 0.2) is 5.76 Å². The van der Waals surface area contributed by atoms with Gasteiger partial charge in [-0.2, -0.15) is 0 Å². The van der Waals surface area contributed by atoms with E-state index in [1.54, 1.807) is 12.1 Å². The zero-order valence-electron chi connectivity index (χ0n) is 12.5. The number of nitrogens with one attached hydrogen (secondary N) is 1. The Kier molecular flexibility index (Phi) is 4.19. The molecule has 0 saturated carbocycles. The van der Waals surface area contributed by atoms with Gasteiger partial charge in [-0.15, -0.1) is 0 Å². The van der Waals surface area contributed by atoms with Gasteiger partial charge in [0.1, 0.15) is 5.82 Å². The Hall–Kier alpha value is -2.95. The average Bonchev–Trinajstić information content (AvgIpc) is 3.06. The summed E-state index contributed by atoms with van der Waals surface area (Å²) in [5.41, 5.74) is 2.43. The van der Waals surface area contributed by atoms with Gasteiger partial charge in [-0.25, -0.2) is 9.37 Å². The molecule has 116 valence electrons. The molecule has 3 aromatic rings. The molecule has 0 unspecified atom stereocenters. The molecular weight excluding hydrogens is 295 g/mol. The summed E-state index contributed by atoms with van der Waals surface area (Å²) in [6, 6.07) is 13.4. The molecule has 4 nitrogen and oxygen atoms in total. The van der Waals surface area contributed by atoms with Crippen molar-refractivity contribution in [2.24, 2.45) is 0 Å². The van der Waals surface area contributed by atoms with Crippen LogP contribution in [0.25, 0.3) is 11.3 Å². The maximum atomic E-state index is 12.9. The van der Waals surface area contributed by atoms with Crippen LogP contribution in [0.4, 0.5) is 10.1 Å². The first-order valence-corrected chi connectivity index (χ1v) is 7.28. The first-order chi connectivity index (χ1) is 11.2. The fourth-order valence-electron chi connectivity index (χ4n) is 2.25. The van der Waals surface area contributed by atoms with E-state index < -0.39 is 5.91 Å². The first kappa shape index (κ1) is 15.0. The Morgan fingerprint density at radius 1 is 1.17 bits per heavy atom. The zero-order chi connectivity index (χ0) is 16.2. The number of hydrogen-bond donors (Lipinski definition) is 1. The van der Waals surface area contributed by atoms with Crippen LogP contribution in [0.5, 0.6) is 0 Å². The fourth-order valence-corrected chi connectivity index (χ4v) is 2.25. The molecule has 0 aliphatic heterocycles. The molecule has 5 heteroatoms. The van der Waals surface area contributed by atoms with E-state index in [0.29, 0.717) is 11.3 Å². The summed E-state index contributed by atoms with van der Waals surface area (Å²) in [5.74, 6) is -0.365. The predicted molar refractivity (Wildman–Crippen MR) is 85.7 cm³/mol. The van der Waals surface area contributed by atoms with Crippen molar-refractivity contribution in [1.29, 1.82) is 0 Å². The largest absolute Gasteiger partial charge is 0.432 e. The van der Waals surface area contributed by atoms with Crippen molar-refractivity contribution in [3.63, 3.8) is 0 Å². The van der Waals surface area contributed by atoms with Gasteiger partial charge in [-0.3, -0.25) is 4.79 Å². The predicted octanol–water partition coefficient (Wildman–Crippen LogP) is 4.30. The van der Waals surface area contributed by atoms with E-state index in [9.17, 15) is 9.18 Å². The molecule has 0 atom stereocenters. The van der Waals surface area contributed by atoms with Crippen LogP contribution >= 0.6 is 0 Å². The van der Waals surface area contributed by atoms with E-state index in [2.05, 4.69) is 10.3 Å². The van der Waals surface area contributed by atoms with Crippen molar-refractivity contribution in [3.8, 4) is 11.3 Å². The van der Waals surface area contributed by atoms with Crippen LogP contribution in [0.1, 0.15) is 23.2 Å². The van der Waals surface area contributed by atoms with E-state index in [0.717, 1.165) is 17.7 Å². The Labute approximate surface area is 133 Å². The van der Waals surface area contributed by atoms with Crippen molar-refractivity contribution < 1.29 is 13.6 Å². The average molecular weight is 310 g/mol. The molecule has 0 bridgehead atoms. The molecule has 1 aromatic heterocycles. The summed E-state index contributed by atoms with van der Waals surface area (Å²) in [6.45, 7) is 2.02.